The van der Waals surface area contributed by atoms with E-state index in [9.17, 15) is 14.7 Å². The summed E-state index contributed by atoms with van der Waals surface area (Å²) >= 11 is 0. The van der Waals surface area contributed by atoms with Gasteiger partial charge in [0, 0.05) is 33.0 Å². The van der Waals surface area contributed by atoms with Crippen LogP contribution in [0, 0.1) is 0 Å². The normalized spacial score (nSPS) is 11.0. The summed E-state index contributed by atoms with van der Waals surface area (Å²) in [6.07, 6.45) is 3.74. The fraction of sp³-hybridized carbons (Fsp3) is 0.667. The van der Waals surface area contributed by atoms with Gasteiger partial charge in [-0.2, -0.15) is 0 Å². The SMILES string of the molecule is COCC(=O)CCCOCCOCCOCCOCCC(=O)CCCc1ccc(O)cc1. The molecule has 1 N–H and O–H groups in total. The lowest BCUT2D eigenvalue weighted by Gasteiger charge is -2.07. The van der Waals surface area contributed by atoms with Gasteiger partial charge < -0.3 is 28.8 Å². The molecule has 8 nitrogen and oxygen atoms in total. The molecule has 1 rings (SSSR count). The molecular weight excluding hydrogens is 416 g/mol. The lowest BCUT2D eigenvalue weighted by molar-refractivity contribution is -0.123. The molecule has 182 valence electrons. The molecule has 0 unspecified atom stereocenters. The van der Waals surface area contributed by atoms with Crippen molar-refractivity contribution in [3.05, 3.63) is 29.8 Å². The van der Waals surface area contributed by atoms with E-state index in [2.05, 4.69) is 0 Å². The lowest BCUT2D eigenvalue weighted by Crippen LogP contribution is -2.13. The molecule has 0 fully saturated rings. The number of aromatic hydroxyl groups is 1. The maximum atomic E-state index is 11.9. The third-order valence-electron chi connectivity index (χ3n) is 4.55. The van der Waals surface area contributed by atoms with E-state index in [1.807, 2.05) is 12.1 Å². The van der Waals surface area contributed by atoms with Gasteiger partial charge in [-0.05, 0) is 37.0 Å². The minimum Gasteiger partial charge on any atom is -0.508 e. The first-order valence-electron chi connectivity index (χ1n) is 11.2. The number of rotatable bonds is 22. The van der Waals surface area contributed by atoms with Crippen LogP contribution in [0.2, 0.25) is 0 Å². The van der Waals surface area contributed by atoms with Crippen molar-refractivity contribution in [2.24, 2.45) is 0 Å². The Labute approximate surface area is 191 Å². The molecule has 0 saturated carbocycles. The van der Waals surface area contributed by atoms with Crippen LogP contribution >= 0.6 is 0 Å². The van der Waals surface area contributed by atoms with Crippen LogP contribution in [0.5, 0.6) is 5.75 Å². The Bertz CT molecular complexity index is 603. The number of benzene rings is 1. The average Bonchev–Trinajstić information content (AvgIpc) is 2.78. The average molecular weight is 455 g/mol. The van der Waals surface area contributed by atoms with Crippen LogP contribution in [0.3, 0.4) is 0 Å². The minimum atomic E-state index is 0.0852. The van der Waals surface area contributed by atoms with Gasteiger partial charge in [-0.15, -0.1) is 0 Å². The molecule has 0 aromatic heterocycles. The van der Waals surface area contributed by atoms with Gasteiger partial charge in [0.05, 0.1) is 46.2 Å². The van der Waals surface area contributed by atoms with Crippen molar-refractivity contribution in [1.82, 2.24) is 0 Å². The van der Waals surface area contributed by atoms with Crippen LogP contribution in [-0.2, 0) is 39.7 Å². The Kier molecular flexibility index (Phi) is 17.5. The van der Waals surface area contributed by atoms with E-state index >= 15 is 0 Å². The van der Waals surface area contributed by atoms with Gasteiger partial charge in [-0.25, -0.2) is 0 Å². The number of hydrogen-bond donors (Lipinski definition) is 1. The zero-order chi connectivity index (χ0) is 23.3. The number of ether oxygens (including phenoxy) is 5. The first-order chi connectivity index (χ1) is 15.6. The smallest absolute Gasteiger partial charge is 0.158 e. The summed E-state index contributed by atoms with van der Waals surface area (Å²) in [5.74, 6) is 0.535. The Morgan fingerprint density at radius 2 is 1.22 bits per heavy atom. The predicted octanol–water partition coefficient (Wildman–Crippen LogP) is 2.74. The van der Waals surface area contributed by atoms with E-state index < -0.39 is 0 Å². The van der Waals surface area contributed by atoms with Crippen LogP contribution in [0.4, 0.5) is 0 Å². The highest BCUT2D eigenvalue weighted by atomic mass is 16.6. The molecular formula is C24H38O8. The van der Waals surface area contributed by atoms with Crippen molar-refractivity contribution in [2.75, 3.05) is 66.6 Å². The molecule has 32 heavy (non-hydrogen) atoms. The number of phenolic OH excluding ortho intramolecular Hbond substituents is 1. The van der Waals surface area contributed by atoms with Gasteiger partial charge in [-0.3, -0.25) is 9.59 Å². The zero-order valence-corrected chi connectivity index (χ0v) is 19.2. The van der Waals surface area contributed by atoms with Gasteiger partial charge in [0.2, 0.25) is 0 Å². The number of hydrogen-bond acceptors (Lipinski definition) is 8. The van der Waals surface area contributed by atoms with E-state index in [0.717, 1.165) is 18.4 Å². The summed E-state index contributed by atoms with van der Waals surface area (Å²) in [6.45, 7) is 3.96. The molecule has 0 heterocycles. The maximum absolute atomic E-state index is 11.9. The molecule has 1 aromatic carbocycles. The number of Topliss-reactive ketones (excluding diaryl/α,β-unsaturated/α-hetero) is 2. The summed E-state index contributed by atoms with van der Waals surface area (Å²) in [4.78, 5) is 23.1. The third-order valence-corrected chi connectivity index (χ3v) is 4.55. The van der Waals surface area contributed by atoms with Crippen molar-refractivity contribution in [3.8, 4) is 5.75 Å². The standard InChI is InChI=1S/C24H38O8/c1-28-20-24(27)6-3-12-29-14-16-31-18-19-32-17-15-30-13-11-22(25)5-2-4-21-7-9-23(26)10-8-21/h7-10,26H,2-6,11-20H2,1H3. The summed E-state index contributed by atoms with van der Waals surface area (Å²) in [5, 5.41) is 9.25. The van der Waals surface area contributed by atoms with Crippen LogP contribution in [-0.4, -0.2) is 83.2 Å². The summed E-state index contributed by atoms with van der Waals surface area (Å²) in [7, 11) is 1.51. The van der Waals surface area contributed by atoms with Gasteiger partial charge in [0.15, 0.2) is 5.78 Å². The molecule has 0 aliphatic rings. The molecule has 0 amide bonds. The van der Waals surface area contributed by atoms with E-state index in [1.54, 1.807) is 12.1 Å². The van der Waals surface area contributed by atoms with Crippen LogP contribution in [0.25, 0.3) is 0 Å². The van der Waals surface area contributed by atoms with Crippen molar-refractivity contribution in [2.45, 2.75) is 38.5 Å². The maximum Gasteiger partial charge on any atom is 0.158 e. The summed E-state index contributed by atoms with van der Waals surface area (Å²) in [6, 6.07) is 7.07. The van der Waals surface area contributed by atoms with E-state index in [-0.39, 0.29) is 23.9 Å². The number of carbonyl (C=O) groups excluding carboxylic acids is 2. The highest BCUT2D eigenvalue weighted by Crippen LogP contribution is 2.12. The Morgan fingerprint density at radius 3 is 1.81 bits per heavy atom. The third kappa shape index (κ3) is 16.8. The van der Waals surface area contributed by atoms with E-state index in [1.165, 1.54) is 7.11 Å². The van der Waals surface area contributed by atoms with E-state index in [0.29, 0.717) is 78.5 Å². The largest absolute Gasteiger partial charge is 0.508 e. The number of ketones is 2. The number of carbonyl (C=O) groups is 2. The first kappa shape index (κ1) is 28.2. The Hall–Kier alpha value is -1.84. The molecule has 1 aromatic rings. The molecule has 0 aliphatic heterocycles. The highest BCUT2D eigenvalue weighted by Gasteiger charge is 2.03. The second kappa shape index (κ2) is 19.8. The first-order valence-corrected chi connectivity index (χ1v) is 11.2. The van der Waals surface area contributed by atoms with Gasteiger partial charge in [0.25, 0.3) is 0 Å². The number of aryl methyl sites for hydroxylation is 1. The molecule has 0 saturated heterocycles. The number of phenols is 1. The van der Waals surface area contributed by atoms with Crippen LogP contribution in [0.15, 0.2) is 24.3 Å². The van der Waals surface area contributed by atoms with Crippen molar-refractivity contribution in [3.63, 3.8) is 0 Å². The van der Waals surface area contributed by atoms with Crippen LogP contribution < -0.4 is 0 Å². The summed E-state index contributed by atoms with van der Waals surface area (Å²) in [5.41, 5.74) is 1.12. The Balaban J connectivity index is 1.78. The monoisotopic (exact) mass is 454 g/mol. The zero-order valence-electron chi connectivity index (χ0n) is 19.2. The molecule has 0 radical (unpaired) electrons. The lowest BCUT2D eigenvalue weighted by atomic mass is 10.1. The highest BCUT2D eigenvalue weighted by molar-refractivity contribution is 5.79. The molecule has 0 spiro atoms. The van der Waals surface area contributed by atoms with Crippen molar-refractivity contribution >= 4 is 11.6 Å². The van der Waals surface area contributed by atoms with Crippen molar-refractivity contribution in [1.29, 1.82) is 0 Å². The second-order valence-corrected chi connectivity index (χ2v) is 7.33. The topological polar surface area (TPSA) is 101 Å². The molecule has 0 aliphatic carbocycles. The fourth-order valence-corrected chi connectivity index (χ4v) is 2.83. The number of methoxy groups -OCH3 is 1. The molecule has 8 heteroatoms. The van der Waals surface area contributed by atoms with Gasteiger partial charge >= 0.3 is 0 Å². The fourth-order valence-electron chi connectivity index (χ4n) is 2.83. The summed E-state index contributed by atoms with van der Waals surface area (Å²) < 4.78 is 26.4. The Morgan fingerprint density at radius 1 is 0.688 bits per heavy atom. The molecule has 0 bridgehead atoms. The van der Waals surface area contributed by atoms with E-state index in [4.69, 9.17) is 23.7 Å². The minimum absolute atomic E-state index is 0.0852. The van der Waals surface area contributed by atoms with Crippen LogP contribution in [0.1, 0.15) is 37.7 Å². The predicted molar refractivity (Wildman–Crippen MR) is 120 cm³/mol. The second-order valence-electron chi connectivity index (χ2n) is 7.33. The van der Waals surface area contributed by atoms with Gasteiger partial charge in [-0.1, -0.05) is 12.1 Å². The van der Waals surface area contributed by atoms with Gasteiger partial charge in [0.1, 0.15) is 18.1 Å². The molecule has 0 atom stereocenters. The van der Waals surface area contributed by atoms with Crippen molar-refractivity contribution < 1.29 is 38.4 Å². The quantitative estimate of drug-likeness (QED) is 0.267.